The zero-order chi connectivity index (χ0) is 17.1. The van der Waals surface area contributed by atoms with Gasteiger partial charge in [-0.25, -0.2) is 0 Å². The van der Waals surface area contributed by atoms with E-state index in [2.05, 4.69) is 10.3 Å². The number of carboxylic acids is 1. The minimum absolute atomic E-state index is 0.0146. The Hall–Kier alpha value is -2.93. The van der Waals surface area contributed by atoms with Crippen LogP contribution in [0.1, 0.15) is 10.4 Å². The molecular weight excluding hydrogens is 310 g/mol. The lowest BCUT2D eigenvalue weighted by Crippen LogP contribution is -2.56. The second-order valence-corrected chi connectivity index (χ2v) is 5.58. The highest BCUT2D eigenvalue weighted by Gasteiger charge is 2.29. The number of carboxylic acid groups (broad SMARTS) is 1. The van der Waals surface area contributed by atoms with Crippen LogP contribution in [0.25, 0.3) is 11.3 Å². The minimum Gasteiger partial charge on any atom is -0.480 e. The first-order valence-corrected chi connectivity index (χ1v) is 7.60. The van der Waals surface area contributed by atoms with Crippen LogP contribution >= 0.6 is 0 Å². The van der Waals surface area contributed by atoms with Gasteiger partial charge in [0.25, 0.3) is 11.5 Å². The Kier molecular flexibility index (Phi) is 4.43. The number of carbonyl (C=O) groups excluding carboxylic acids is 1. The van der Waals surface area contributed by atoms with Gasteiger partial charge in [-0.2, -0.15) is 0 Å². The summed E-state index contributed by atoms with van der Waals surface area (Å²) in [6, 6.07) is 11.7. The summed E-state index contributed by atoms with van der Waals surface area (Å²) in [5.74, 6) is -1.47. The zero-order valence-corrected chi connectivity index (χ0v) is 12.9. The molecule has 7 nitrogen and oxygen atoms in total. The largest absolute Gasteiger partial charge is 0.480 e. The number of nitrogens with one attached hydrogen (secondary N) is 2. The number of pyridine rings is 1. The van der Waals surface area contributed by atoms with Gasteiger partial charge >= 0.3 is 5.97 Å². The Balaban J connectivity index is 1.83. The van der Waals surface area contributed by atoms with Crippen molar-refractivity contribution in [2.45, 2.75) is 6.04 Å². The lowest BCUT2D eigenvalue weighted by molar-refractivity contribution is -0.140. The molecule has 0 spiro atoms. The van der Waals surface area contributed by atoms with Crippen LogP contribution in [0.3, 0.4) is 0 Å². The number of aromatic amines is 1. The summed E-state index contributed by atoms with van der Waals surface area (Å²) in [6.07, 6.45) is 0. The van der Waals surface area contributed by atoms with Crippen LogP contribution in [0, 0.1) is 0 Å². The summed E-state index contributed by atoms with van der Waals surface area (Å²) in [5, 5.41) is 11.9. The average molecular weight is 327 g/mol. The molecule has 1 aliphatic rings. The van der Waals surface area contributed by atoms with E-state index < -0.39 is 23.5 Å². The van der Waals surface area contributed by atoms with Gasteiger partial charge in [0.1, 0.15) is 11.6 Å². The molecule has 1 aromatic carbocycles. The molecule has 0 bridgehead atoms. The second-order valence-electron chi connectivity index (χ2n) is 5.58. The fraction of sp³-hybridized carbons (Fsp3) is 0.235. The summed E-state index contributed by atoms with van der Waals surface area (Å²) < 4.78 is 0. The first kappa shape index (κ1) is 15.9. The second kappa shape index (κ2) is 6.67. The van der Waals surface area contributed by atoms with Crippen molar-refractivity contribution in [3.8, 4) is 11.3 Å². The molecule has 1 aliphatic heterocycles. The molecule has 1 saturated heterocycles. The average Bonchev–Trinajstić information content (AvgIpc) is 2.62. The van der Waals surface area contributed by atoms with E-state index in [9.17, 15) is 14.4 Å². The number of carbonyl (C=O) groups is 2. The van der Waals surface area contributed by atoms with Crippen molar-refractivity contribution >= 4 is 11.9 Å². The lowest BCUT2D eigenvalue weighted by atomic mass is 10.1. The maximum atomic E-state index is 12.5. The molecule has 0 radical (unpaired) electrons. The quantitative estimate of drug-likeness (QED) is 0.764. The molecule has 0 unspecified atom stereocenters. The smallest absolute Gasteiger partial charge is 0.322 e. The molecule has 2 heterocycles. The third-order valence-corrected chi connectivity index (χ3v) is 3.99. The first-order chi connectivity index (χ1) is 11.6. The van der Waals surface area contributed by atoms with Crippen molar-refractivity contribution in [3.05, 3.63) is 58.4 Å². The van der Waals surface area contributed by atoms with Crippen molar-refractivity contribution in [1.29, 1.82) is 0 Å². The number of nitrogens with zero attached hydrogens (tertiary/aromatic N) is 1. The monoisotopic (exact) mass is 327 g/mol. The van der Waals surface area contributed by atoms with Gasteiger partial charge in [-0.1, -0.05) is 30.3 Å². The van der Waals surface area contributed by atoms with Crippen LogP contribution in [0.15, 0.2) is 47.3 Å². The Morgan fingerprint density at radius 3 is 2.54 bits per heavy atom. The number of hydrogen-bond donors (Lipinski definition) is 3. The molecule has 1 fully saturated rings. The SMILES string of the molecule is O=C(O)[C@@H]1CN(C(=O)c2ccc(-c3ccccc3)[nH]c2=O)CCN1. The van der Waals surface area contributed by atoms with E-state index in [0.717, 1.165) is 5.56 Å². The van der Waals surface area contributed by atoms with E-state index >= 15 is 0 Å². The van der Waals surface area contributed by atoms with Gasteiger partial charge in [-0.05, 0) is 17.7 Å². The molecule has 0 aliphatic carbocycles. The van der Waals surface area contributed by atoms with E-state index in [1.807, 2.05) is 30.3 Å². The number of aromatic nitrogens is 1. The van der Waals surface area contributed by atoms with Crippen LogP contribution in [-0.4, -0.2) is 52.5 Å². The number of aliphatic carboxylic acids is 1. The molecule has 7 heteroatoms. The number of benzene rings is 1. The molecular formula is C17H17N3O4. The van der Waals surface area contributed by atoms with Crippen LogP contribution in [-0.2, 0) is 4.79 Å². The predicted octanol–water partition coefficient (Wildman–Crippen LogP) is 0.540. The van der Waals surface area contributed by atoms with Gasteiger partial charge in [0.05, 0.1) is 0 Å². The number of rotatable bonds is 3. The van der Waals surface area contributed by atoms with Gasteiger partial charge in [0.15, 0.2) is 0 Å². The third-order valence-electron chi connectivity index (χ3n) is 3.99. The third kappa shape index (κ3) is 3.21. The van der Waals surface area contributed by atoms with E-state index in [4.69, 9.17) is 5.11 Å². The highest BCUT2D eigenvalue weighted by molar-refractivity contribution is 5.94. The molecule has 1 atom stereocenters. The fourth-order valence-electron chi connectivity index (χ4n) is 2.70. The lowest BCUT2D eigenvalue weighted by Gasteiger charge is -2.31. The Morgan fingerprint density at radius 1 is 1.12 bits per heavy atom. The van der Waals surface area contributed by atoms with E-state index in [1.165, 1.54) is 11.0 Å². The summed E-state index contributed by atoms with van der Waals surface area (Å²) >= 11 is 0. The highest BCUT2D eigenvalue weighted by atomic mass is 16.4. The molecule has 24 heavy (non-hydrogen) atoms. The summed E-state index contributed by atoms with van der Waals surface area (Å²) in [6.45, 7) is 0.777. The molecule has 1 amide bonds. The Morgan fingerprint density at radius 2 is 1.88 bits per heavy atom. The first-order valence-electron chi connectivity index (χ1n) is 7.60. The molecule has 3 rings (SSSR count). The van der Waals surface area contributed by atoms with Gasteiger partial charge in [0, 0.05) is 25.3 Å². The highest BCUT2D eigenvalue weighted by Crippen LogP contribution is 2.15. The molecule has 2 aromatic rings. The molecule has 0 saturated carbocycles. The van der Waals surface area contributed by atoms with Gasteiger partial charge in [-0.3, -0.25) is 14.4 Å². The maximum absolute atomic E-state index is 12.5. The van der Waals surface area contributed by atoms with Crippen LogP contribution in [0.4, 0.5) is 0 Å². The summed E-state index contributed by atoms with van der Waals surface area (Å²) in [4.78, 5) is 40.0. The van der Waals surface area contributed by atoms with Crippen molar-refractivity contribution in [1.82, 2.24) is 15.2 Å². The number of piperazine rings is 1. The van der Waals surface area contributed by atoms with Gasteiger partial charge in [-0.15, -0.1) is 0 Å². The van der Waals surface area contributed by atoms with E-state index in [1.54, 1.807) is 6.07 Å². The van der Waals surface area contributed by atoms with Crippen molar-refractivity contribution < 1.29 is 14.7 Å². The topological polar surface area (TPSA) is 102 Å². The van der Waals surface area contributed by atoms with Crippen LogP contribution in [0.5, 0.6) is 0 Å². The number of amides is 1. The van der Waals surface area contributed by atoms with Crippen LogP contribution < -0.4 is 10.9 Å². The normalized spacial score (nSPS) is 17.5. The zero-order valence-electron chi connectivity index (χ0n) is 12.9. The molecule has 124 valence electrons. The summed E-state index contributed by atoms with van der Waals surface area (Å²) in [7, 11) is 0. The van der Waals surface area contributed by atoms with Crippen LogP contribution in [0.2, 0.25) is 0 Å². The van der Waals surface area contributed by atoms with E-state index in [-0.39, 0.29) is 12.1 Å². The number of H-pyrrole nitrogens is 1. The maximum Gasteiger partial charge on any atom is 0.322 e. The summed E-state index contributed by atoms with van der Waals surface area (Å²) in [5.41, 5.74) is 1.01. The standard InChI is InChI=1S/C17H17N3O4/c21-15-12(6-7-13(19-15)11-4-2-1-3-5-11)16(22)20-9-8-18-14(10-20)17(23)24/h1-7,14,18H,8-10H2,(H,19,21)(H,23,24)/t14-/m0/s1. The predicted molar refractivity (Wildman–Crippen MR) is 87.8 cm³/mol. The Bertz CT molecular complexity index is 816. The van der Waals surface area contributed by atoms with Gasteiger partial charge < -0.3 is 20.3 Å². The van der Waals surface area contributed by atoms with Crippen molar-refractivity contribution in [2.75, 3.05) is 19.6 Å². The molecule has 3 N–H and O–H groups in total. The Labute approximate surface area is 137 Å². The van der Waals surface area contributed by atoms with E-state index in [0.29, 0.717) is 18.8 Å². The molecule has 1 aromatic heterocycles. The van der Waals surface area contributed by atoms with Gasteiger partial charge in [0.2, 0.25) is 0 Å². The minimum atomic E-state index is -1.01. The fourth-order valence-corrected chi connectivity index (χ4v) is 2.70. The number of hydrogen-bond acceptors (Lipinski definition) is 4. The van der Waals surface area contributed by atoms with Crippen molar-refractivity contribution in [3.63, 3.8) is 0 Å². The van der Waals surface area contributed by atoms with Crippen molar-refractivity contribution in [2.24, 2.45) is 0 Å².